The van der Waals surface area contributed by atoms with Gasteiger partial charge in [0, 0.05) is 0 Å². The van der Waals surface area contributed by atoms with Crippen molar-refractivity contribution in [1.82, 2.24) is 0 Å². The number of nitrogens with two attached hydrogens (primary N) is 2. The first-order valence-corrected chi connectivity index (χ1v) is 5.10. The van der Waals surface area contributed by atoms with Gasteiger partial charge in [0.25, 0.3) is 0 Å². The molecule has 0 aliphatic carbocycles. The minimum Gasteiger partial charge on any atom is -0.369 e. The van der Waals surface area contributed by atoms with E-state index in [1.54, 1.807) is 0 Å². The standard InChI is InChI=1S/C12H16N2O2/c1-12(10(13)15,11(14)16)8-7-9-5-3-2-4-6-9/h2-6H,7-8H2,1H3,(H2,13,15)(H2,14,16). The van der Waals surface area contributed by atoms with Crippen LogP contribution in [0.25, 0.3) is 0 Å². The fourth-order valence-corrected chi connectivity index (χ4v) is 1.41. The Morgan fingerprint density at radius 3 is 2.06 bits per heavy atom. The minimum atomic E-state index is -1.27. The minimum absolute atomic E-state index is 0.335. The number of rotatable bonds is 5. The lowest BCUT2D eigenvalue weighted by Gasteiger charge is -2.21. The van der Waals surface area contributed by atoms with Crippen molar-refractivity contribution in [3.8, 4) is 0 Å². The maximum Gasteiger partial charge on any atom is 0.232 e. The molecular formula is C12H16N2O2. The third-order valence-corrected chi connectivity index (χ3v) is 2.84. The number of hydrogen-bond acceptors (Lipinski definition) is 2. The molecule has 86 valence electrons. The molecule has 4 heteroatoms. The summed E-state index contributed by atoms with van der Waals surface area (Å²) in [5.74, 6) is -1.34. The number of primary amides is 2. The quantitative estimate of drug-likeness (QED) is 0.712. The molecule has 0 unspecified atom stereocenters. The van der Waals surface area contributed by atoms with Crippen LogP contribution in [0.15, 0.2) is 30.3 Å². The Morgan fingerprint density at radius 1 is 1.12 bits per heavy atom. The van der Waals surface area contributed by atoms with Crippen LogP contribution in [0.2, 0.25) is 0 Å². The highest BCUT2D eigenvalue weighted by molar-refractivity contribution is 6.03. The van der Waals surface area contributed by atoms with Crippen LogP contribution in [0.4, 0.5) is 0 Å². The van der Waals surface area contributed by atoms with Crippen LogP contribution in [0.3, 0.4) is 0 Å². The topological polar surface area (TPSA) is 86.2 Å². The van der Waals surface area contributed by atoms with E-state index in [9.17, 15) is 9.59 Å². The molecule has 0 bridgehead atoms. The van der Waals surface area contributed by atoms with Gasteiger partial charge in [-0.25, -0.2) is 0 Å². The number of benzene rings is 1. The second-order valence-corrected chi connectivity index (χ2v) is 4.05. The Bertz CT molecular complexity index is 373. The van der Waals surface area contributed by atoms with E-state index in [0.717, 1.165) is 5.56 Å². The summed E-state index contributed by atoms with van der Waals surface area (Å²) < 4.78 is 0. The van der Waals surface area contributed by atoms with Crippen molar-refractivity contribution in [2.75, 3.05) is 0 Å². The molecule has 0 aliphatic rings. The lowest BCUT2D eigenvalue weighted by atomic mass is 9.82. The van der Waals surface area contributed by atoms with E-state index in [1.807, 2.05) is 30.3 Å². The summed E-state index contributed by atoms with van der Waals surface area (Å²) in [6, 6.07) is 9.58. The highest BCUT2D eigenvalue weighted by atomic mass is 16.2. The maximum absolute atomic E-state index is 11.2. The molecule has 0 saturated heterocycles. The summed E-state index contributed by atoms with van der Waals surface area (Å²) in [5, 5.41) is 0. The fourth-order valence-electron chi connectivity index (χ4n) is 1.41. The van der Waals surface area contributed by atoms with Gasteiger partial charge in [-0.05, 0) is 25.3 Å². The largest absolute Gasteiger partial charge is 0.369 e. The molecule has 16 heavy (non-hydrogen) atoms. The summed E-state index contributed by atoms with van der Waals surface area (Å²) in [6.07, 6.45) is 0.935. The highest BCUT2D eigenvalue weighted by Crippen LogP contribution is 2.22. The van der Waals surface area contributed by atoms with Crippen LogP contribution in [0.5, 0.6) is 0 Å². The molecule has 4 nitrogen and oxygen atoms in total. The van der Waals surface area contributed by atoms with Crippen LogP contribution in [0, 0.1) is 5.41 Å². The van der Waals surface area contributed by atoms with E-state index in [0.29, 0.717) is 12.8 Å². The van der Waals surface area contributed by atoms with Crippen molar-refractivity contribution in [1.29, 1.82) is 0 Å². The van der Waals surface area contributed by atoms with Gasteiger partial charge in [-0.3, -0.25) is 9.59 Å². The zero-order valence-corrected chi connectivity index (χ0v) is 9.27. The molecule has 2 amide bonds. The normalized spacial score (nSPS) is 11.1. The number of carbonyl (C=O) groups excluding carboxylic acids is 2. The fraction of sp³-hybridized carbons (Fsp3) is 0.333. The molecule has 4 N–H and O–H groups in total. The molecule has 0 aliphatic heterocycles. The molecular weight excluding hydrogens is 204 g/mol. The van der Waals surface area contributed by atoms with Crippen molar-refractivity contribution in [3.05, 3.63) is 35.9 Å². The molecule has 1 aromatic rings. The third-order valence-electron chi connectivity index (χ3n) is 2.84. The van der Waals surface area contributed by atoms with E-state index >= 15 is 0 Å². The van der Waals surface area contributed by atoms with Crippen molar-refractivity contribution < 1.29 is 9.59 Å². The van der Waals surface area contributed by atoms with Gasteiger partial charge in [0.1, 0.15) is 5.41 Å². The first kappa shape index (κ1) is 12.2. The zero-order chi connectivity index (χ0) is 12.2. The molecule has 0 aromatic heterocycles. The van der Waals surface area contributed by atoms with Gasteiger partial charge in [-0.2, -0.15) is 0 Å². The molecule has 0 atom stereocenters. The average Bonchev–Trinajstić information content (AvgIpc) is 2.26. The van der Waals surface area contributed by atoms with Crippen molar-refractivity contribution in [2.45, 2.75) is 19.8 Å². The number of amides is 2. The lowest BCUT2D eigenvalue weighted by Crippen LogP contribution is -2.45. The van der Waals surface area contributed by atoms with Crippen LogP contribution in [0.1, 0.15) is 18.9 Å². The van der Waals surface area contributed by atoms with E-state index in [1.165, 1.54) is 6.92 Å². The third kappa shape index (κ3) is 2.59. The Labute approximate surface area is 94.6 Å². The number of aryl methyl sites for hydroxylation is 1. The predicted molar refractivity (Wildman–Crippen MR) is 61.3 cm³/mol. The van der Waals surface area contributed by atoms with Gasteiger partial charge in [-0.15, -0.1) is 0 Å². The number of carbonyl (C=O) groups is 2. The molecule has 1 rings (SSSR count). The number of hydrogen-bond donors (Lipinski definition) is 2. The van der Waals surface area contributed by atoms with E-state index < -0.39 is 17.2 Å². The van der Waals surface area contributed by atoms with Crippen molar-refractivity contribution in [3.63, 3.8) is 0 Å². The molecule has 0 fully saturated rings. The summed E-state index contributed by atoms with van der Waals surface area (Å²) >= 11 is 0. The Hall–Kier alpha value is -1.84. The van der Waals surface area contributed by atoms with E-state index in [2.05, 4.69) is 0 Å². The van der Waals surface area contributed by atoms with Gasteiger partial charge in [0.2, 0.25) is 11.8 Å². The maximum atomic E-state index is 11.2. The van der Waals surface area contributed by atoms with Gasteiger partial charge in [0.05, 0.1) is 0 Å². The van der Waals surface area contributed by atoms with Gasteiger partial charge >= 0.3 is 0 Å². The summed E-state index contributed by atoms with van der Waals surface area (Å²) in [7, 11) is 0. The Balaban J connectivity index is 2.72. The van der Waals surface area contributed by atoms with Crippen molar-refractivity contribution in [2.24, 2.45) is 16.9 Å². The monoisotopic (exact) mass is 220 g/mol. The first-order valence-electron chi connectivity index (χ1n) is 5.10. The van der Waals surface area contributed by atoms with Gasteiger partial charge < -0.3 is 11.5 Å². The highest BCUT2D eigenvalue weighted by Gasteiger charge is 2.36. The summed E-state index contributed by atoms with van der Waals surface area (Å²) in [5.41, 5.74) is 10.2. The van der Waals surface area contributed by atoms with E-state index in [4.69, 9.17) is 11.5 Å². The second kappa shape index (κ2) is 4.79. The Kier molecular flexibility index (Phi) is 3.66. The second-order valence-electron chi connectivity index (χ2n) is 4.05. The summed E-state index contributed by atoms with van der Waals surface area (Å²) in [6.45, 7) is 1.49. The van der Waals surface area contributed by atoms with Crippen LogP contribution < -0.4 is 11.5 Å². The van der Waals surface area contributed by atoms with Gasteiger partial charge in [0.15, 0.2) is 0 Å². The molecule has 1 aromatic carbocycles. The van der Waals surface area contributed by atoms with Crippen LogP contribution in [-0.4, -0.2) is 11.8 Å². The van der Waals surface area contributed by atoms with Crippen LogP contribution in [-0.2, 0) is 16.0 Å². The van der Waals surface area contributed by atoms with Gasteiger partial charge in [-0.1, -0.05) is 30.3 Å². The molecule has 0 spiro atoms. The molecule has 0 radical (unpaired) electrons. The van der Waals surface area contributed by atoms with Crippen molar-refractivity contribution >= 4 is 11.8 Å². The first-order chi connectivity index (χ1) is 7.47. The van der Waals surface area contributed by atoms with E-state index in [-0.39, 0.29) is 0 Å². The predicted octanol–water partition coefficient (Wildman–Crippen LogP) is 0.596. The SMILES string of the molecule is CC(CCc1ccccc1)(C(N)=O)C(N)=O. The summed E-state index contributed by atoms with van der Waals surface area (Å²) in [4.78, 5) is 22.4. The smallest absolute Gasteiger partial charge is 0.232 e. The lowest BCUT2D eigenvalue weighted by molar-refractivity contribution is -0.138. The Morgan fingerprint density at radius 2 is 1.62 bits per heavy atom. The molecule has 0 heterocycles. The zero-order valence-electron chi connectivity index (χ0n) is 9.27. The average molecular weight is 220 g/mol. The van der Waals surface area contributed by atoms with Crippen LogP contribution >= 0.6 is 0 Å². The molecule has 0 saturated carbocycles.